The molecule has 1 aromatic heterocycles. The van der Waals surface area contributed by atoms with Crippen molar-refractivity contribution in [2.75, 3.05) is 31.5 Å². The van der Waals surface area contributed by atoms with Gasteiger partial charge < -0.3 is 15.4 Å². The zero-order valence-corrected chi connectivity index (χ0v) is 17.1. The van der Waals surface area contributed by atoms with Crippen molar-refractivity contribution >= 4 is 22.9 Å². The molecule has 0 spiro atoms. The van der Waals surface area contributed by atoms with E-state index >= 15 is 0 Å². The van der Waals surface area contributed by atoms with E-state index in [1.165, 1.54) is 9.75 Å². The van der Waals surface area contributed by atoms with Gasteiger partial charge in [0.05, 0.1) is 11.3 Å². The minimum Gasteiger partial charge on any atom is -0.454 e. The van der Waals surface area contributed by atoms with Crippen molar-refractivity contribution in [2.24, 2.45) is 0 Å². The third-order valence-electron chi connectivity index (χ3n) is 5.36. The molecule has 3 heterocycles. The van der Waals surface area contributed by atoms with Crippen LogP contribution in [-0.4, -0.2) is 37.0 Å². The molecular formula is C23H23N3O2S. The summed E-state index contributed by atoms with van der Waals surface area (Å²) in [6.45, 7) is 7.26. The van der Waals surface area contributed by atoms with Gasteiger partial charge in [0.2, 0.25) is 0 Å². The second-order valence-corrected chi connectivity index (χ2v) is 8.73. The first-order chi connectivity index (χ1) is 14.2. The lowest BCUT2D eigenvalue weighted by Crippen LogP contribution is -2.42. The Morgan fingerprint density at radius 3 is 2.72 bits per heavy atom. The number of rotatable bonds is 3. The van der Waals surface area contributed by atoms with Crippen molar-refractivity contribution in [3.63, 3.8) is 0 Å². The molecule has 0 aliphatic carbocycles. The lowest BCUT2D eigenvalue weighted by Gasteiger charge is -2.26. The summed E-state index contributed by atoms with van der Waals surface area (Å²) in [6, 6.07) is 16.0. The number of benzene rings is 2. The molecule has 0 saturated carbocycles. The van der Waals surface area contributed by atoms with E-state index in [9.17, 15) is 4.79 Å². The first-order valence-corrected chi connectivity index (χ1v) is 10.7. The smallest absolute Gasteiger partial charge is 0.259 e. The number of nitrogens with zero attached hydrogens (tertiary/aromatic N) is 1. The van der Waals surface area contributed by atoms with Crippen LogP contribution in [0.2, 0.25) is 0 Å². The molecule has 2 N–H and O–H groups in total. The molecule has 0 unspecified atom stereocenters. The lowest BCUT2D eigenvalue weighted by molar-refractivity contribution is 0.102. The first kappa shape index (κ1) is 18.4. The summed E-state index contributed by atoms with van der Waals surface area (Å²) in [5.74, 6) is 1.13. The number of hydrogen-bond donors (Lipinski definition) is 2. The van der Waals surface area contributed by atoms with Crippen LogP contribution < -0.4 is 15.4 Å². The highest BCUT2D eigenvalue weighted by molar-refractivity contribution is 7.15. The molecule has 5 rings (SSSR count). The van der Waals surface area contributed by atoms with E-state index in [4.69, 9.17) is 4.74 Å². The van der Waals surface area contributed by atoms with Gasteiger partial charge >= 0.3 is 0 Å². The molecule has 2 aliphatic rings. The van der Waals surface area contributed by atoms with Crippen LogP contribution in [0, 0.1) is 6.92 Å². The Bertz CT molecular complexity index is 1070. The van der Waals surface area contributed by atoms with Crippen LogP contribution in [0.1, 0.15) is 20.8 Å². The second kappa shape index (κ2) is 7.63. The van der Waals surface area contributed by atoms with E-state index in [1.54, 1.807) is 11.3 Å². The highest BCUT2D eigenvalue weighted by Crippen LogP contribution is 2.38. The van der Waals surface area contributed by atoms with Crippen molar-refractivity contribution in [3.8, 4) is 21.9 Å². The van der Waals surface area contributed by atoms with Gasteiger partial charge in [-0.2, -0.15) is 0 Å². The number of thiophene rings is 1. The Labute approximate surface area is 174 Å². The van der Waals surface area contributed by atoms with Gasteiger partial charge in [-0.15, -0.1) is 11.3 Å². The number of nitrogens with one attached hydrogen (secondary N) is 2. The van der Waals surface area contributed by atoms with Gasteiger partial charge in [-0.3, -0.25) is 9.69 Å². The fourth-order valence-corrected chi connectivity index (χ4v) is 4.84. The maximum Gasteiger partial charge on any atom is 0.259 e. The summed E-state index contributed by atoms with van der Waals surface area (Å²) >= 11 is 1.79. The number of carbonyl (C=O) groups excluding carboxylic acids is 1. The molecule has 1 amide bonds. The third-order valence-corrected chi connectivity index (χ3v) is 6.48. The fraction of sp³-hybridized carbons (Fsp3) is 0.261. The topological polar surface area (TPSA) is 53.6 Å². The predicted molar refractivity (Wildman–Crippen MR) is 117 cm³/mol. The van der Waals surface area contributed by atoms with Crippen LogP contribution in [-0.2, 0) is 6.54 Å². The molecule has 5 nitrogen and oxygen atoms in total. The number of piperazine rings is 1. The minimum atomic E-state index is -0.135. The van der Waals surface area contributed by atoms with Gasteiger partial charge in [0.25, 0.3) is 5.91 Å². The summed E-state index contributed by atoms with van der Waals surface area (Å²) in [5.41, 5.74) is 3.40. The quantitative estimate of drug-likeness (QED) is 0.674. The van der Waals surface area contributed by atoms with Crippen molar-refractivity contribution < 1.29 is 9.53 Å². The van der Waals surface area contributed by atoms with Crippen molar-refractivity contribution in [1.82, 2.24) is 10.2 Å². The molecule has 2 aromatic carbocycles. The van der Waals surface area contributed by atoms with E-state index in [2.05, 4.69) is 27.7 Å². The van der Waals surface area contributed by atoms with Crippen LogP contribution in [0.25, 0.3) is 10.4 Å². The molecule has 1 saturated heterocycles. The van der Waals surface area contributed by atoms with E-state index < -0.39 is 0 Å². The van der Waals surface area contributed by atoms with Crippen molar-refractivity contribution in [1.29, 1.82) is 0 Å². The van der Waals surface area contributed by atoms with Crippen LogP contribution in [0.5, 0.6) is 11.5 Å². The third kappa shape index (κ3) is 3.79. The number of ether oxygens (including phenoxy) is 1. The average molecular weight is 406 g/mol. The van der Waals surface area contributed by atoms with Crippen LogP contribution in [0.4, 0.5) is 5.69 Å². The van der Waals surface area contributed by atoms with Crippen LogP contribution in [0.15, 0.2) is 48.5 Å². The van der Waals surface area contributed by atoms with Gasteiger partial charge in [-0.1, -0.05) is 6.07 Å². The van der Waals surface area contributed by atoms with Crippen molar-refractivity contribution in [3.05, 3.63) is 64.5 Å². The Kier molecular flexibility index (Phi) is 4.83. The average Bonchev–Trinajstić information content (AvgIpc) is 3.14. The summed E-state index contributed by atoms with van der Waals surface area (Å²) in [6.07, 6.45) is 0. The summed E-state index contributed by atoms with van der Waals surface area (Å²) < 4.78 is 6.03. The number of fused-ring (bicyclic) bond motifs is 2. The molecule has 6 heteroatoms. The van der Waals surface area contributed by atoms with Gasteiger partial charge in [0.1, 0.15) is 5.75 Å². The monoisotopic (exact) mass is 405 g/mol. The minimum absolute atomic E-state index is 0.135. The predicted octanol–water partition coefficient (Wildman–Crippen LogP) is 4.49. The molecule has 148 valence electrons. The van der Waals surface area contributed by atoms with Gasteiger partial charge in [-0.25, -0.2) is 0 Å². The molecular weight excluding hydrogens is 382 g/mol. The number of aryl methyl sites for hydroxylation is 1. The summed E-state index contributed by atoms with van der Waals surface area (Å²) in [7, 11) is 0. The lowest BCUT2D eigenvalue weighted by atomic mass is 10.1. The number of anilines is 1. The van der Waals surface area contributed by atoms with Gasteiger partial charge in [-0.05, 0) is 60.5 Å². The molecule has 29 heavy (non-hydrogen) atoms. The van der Waals surface area contributed by atoms with Crippen LogP contribution >= 0.6 is 11.3 Å². The summed E-state index contributed by atoms with van der Waals surface area (Å²) in [4.78, 5) is 17.8. The fourth-order valence-electron chi connectivity index (χ4n) is 3.80. The second-order valence-electron chi connectivity index (χ2n) is 7.56. The van der Waals surface area contributed by atoms with E-state index in [0.717, 1.165) is 43.9 Å². The Morgan fingerprint density at radius 2 is 1.86 bits per heavy atom. The molecule has 3 aromatic rings. The molecule has 2 aliphatic heterocycles. The van der Waals surface area contributed by atoms with E-state index in [-0.39, 0.29) is 5.91 Å². The Hall–Kier alpha value is -2.67. The number of hydrogen-bond acceptors (Lipinski definition) is 5. The van der Waals surface area contributed by atoms with Gasteiger partial charge in [0.15, 0.2) is 5.75 Å². The zero-order valence-electron chi connectivity index (χ0n) is 16.3. The largest absolute Gasteiger partial charge is 0.454 e. The maximum absolute atomic E-state index is 12.8. The van der Waals surface area contributed by atoms with E-state index in [0.29, 0.717) is 22.7 Å². The maximum atomic E-state index is 12.8. The van der Waals surface area contributed by atoms with E-state index in [1.807, 2.05) is 43.3 Å². The normalized spacial score (nSPS) is 16.4. The molecule has 0 bridgehead atoms. The highest BCUT2D eigenvalue weighted by Gasteiger charge is 2.22. The SMILES string of the molecule is Cc1ccc2c(c1)NC(=O)c1cc(-c3ccc(CN4CCNCC4)s3)ccc1O2. The molecule has 0 radical (unpaired) electrons. The first-order valence-electron chi connectivity index (χ1n) is 9.92. The zero-order chi connectivity index (χ0) is 19.8. The number of carbonyl (C=O) groups is 1. The Balaban J connectivity index is 1.41. The van der Waals surface area contributed by atoms with Crippen molar-refractivity contribution in [2.45, 2.75) is 13.5 Å². The molecule has 0 atom stereocenters. The summed E-state index contributed by atoms with van der Waals surface area (Å²) in [5, 5.41) is 6.38. The van der Waals surface area contributed by atoms with Crippen LogP contribution in [0.3, 0.4) is 0 Å². The standard InChI is InChI=1S/C23H23N3O2S/c1-15-2-5-21-19(12-15)25-23(27)18-13-16(3-6-20(18)28-21)22-7-4-17(29-22)14-26-10-8-24-9-11-26/h2-7,12-13,24H,8-11,14H2,1H3,(H,25,27). The number of amides is 1. The molecule has 1 fully saturated rings. The Morgan fingerprint density at radius 1 is 1.03 bits per heavy atom. The highest BCUT2D eigenvalue weighted by atomic mass is 32.1. The van der Waals surface area contributed by atoms with Gasteiger partial charge in [0, 0.05) is 42.5 Å².